The van der Waals surface area contributed by atoms with Gasteiger partial charge in [-0.3, -0.25) is 4.79 Å². The molecule has 0 aliphatic heterocycles. The summed E-state index contributed by atoms with van der Waals surface area (Å²) in [6.45, 7) is 3.49. The second-order valence-corrected chi connectivity index (χ2v) is 9.80. The topological polar surface area (TPSA) is 158 Å². The molecule has 0 saturated carbocycles. The van der Waals surface area contributed by atoms with Crippen LogP contribution in [0.1, 0.15) is 40.0 Å². The van der Waals surface area contributed by atoms with E-state index in [9.17, 15) is 36.6 Å². The third-order valence-corrected chi connectivity index (χ3v) is 6.52. The third-order valence-electron chi connectivity index (χ3n) is 6.52. The van der Waals surface area contributed by atoms with Crippen molar-refractivity contribution in [2.24, 2.45) is 0 Å². The standard InChI is InChI=1S/C29H20F2N4O4.C2HF3O2/c1-15-9-20(16(2)34-23-8-7-22(30)27(31)26(23)29(37)38)28-21(10-15)24(36)11-25(39-28)18-13-33-35(14-18)19-5-3-17(12-32)4-6-19;3-2(4,5)1(6)7/h3-11,13-14,16,34H,1-2H3,(H,37,38);(H,6,7). The number of anilines is 1. The third kappa shape index (κ3) is 7.02. The minimum absolute atomic E-state index is 0.120. The van der Waals surface area contributed by atoms with Gasteiger partial charge in [0.15, 0.2) is 17.1 Å². The number of nitrogens with zero attached hydrogens (tertiary/aromatic N) is 3. The van der Waals surface area contributed by atoms with Crippen molar-refractivity contribution in [2.45, 2.75) is 26.1 Å². The number of carboxylic acid groups (broad SMARTS) is 2. The first-order valence-corrected chi connectivity index (χ1v) is 13.0. The predicted molar refractivity (Wildman–Crippen MR) is 154 cm³/mol. The fourth-order valence-corrected chi connectivity index (χ4v) is 4.37. The smallest absolute Gasteiger partial charge is 0.478 e. The van der Waals surface area contributed by atoms with Gasteiger partial charge >= 0.3 is 18.1 Å². The lowest BCUT2D eigenvalue weighted by Crippen LogP contribution is -2.21. The van der Waals surface area contributed by atoms with E-state index in [1.165, 1.54) is 12.3 Å². The van der Waals surface area contributed by atoms with Crippen molar-refractivity contribution in [2.75, 3.05) is 5.32 Å². The summed E-state index contributed by atoms with van der Waals surface area (Å²) in [7, 11) is 0. The Hall–Kier alpha value is -6.04. The SMILES string of the molecule is Cc1cc(C(C)Nc2ccc(F)c(F)c2C(=O)O)c2oc(-c3cnn(-c4ccc(C#N)cc4)c3)cc(=O)c2c1.O=C(O)C(F)(F)F. The quantitative estimate of drug-likeness (QED) is 0.174. The lowest BCUT2D eigenvalue weighted by atomic mass is 10.00. The maximum atomic E-state index is 14.3. The number of hydrogen-bond acceptors (Lipinski definition) is 7. The van der Waals surface area contributed by atoms with Gasteiger partial charge in [0.1, 0.15) is 16.9 Å². The zero-order valence-electron chi connectivity index (χ0n) is 23.7. The van der Waals surface area contributed by atoms with Crippen molar-refractivity contribution in [3.05, 3.63) is 111 Å². The van der Waals surface area contributed by atoms with Gasteiger partial charge in [-0.25, -0.2) is 23.1 Å². The summed E-state index contributed by atoms with van der Waals surface area (Å²) in [6.07, 6.45) is -1.86. The lowest BCUT2D eigenvalue weighted by Gasteiger charge is -2.19. The molecule has 0 fully saturated rings. The molecule has 0 amide bonds. The average Bonchev–Trinajstić information content (AvgIpc) is 3.49. The Balaban J connectivity index is 0.000000617. The summed E-state index contributed by atoms with van der Waals surface area (Å²) in [6, 6.07) is 15.0. The Morgan fingerprint density at radius 3 is 2.30 bits per heavy atom. The molecular formula is C31H21F5N4O6. The van der Waals surface area contributed by atoms with E-state index in [4.69, 9.17) is 19.6 Å². The van der Waals surface area contributed by atoms with Gasteiger partial charge in [0.05, 0.1) is 46.2 Å². The first kappa shape index (κ1) is 32.9. The van der Waals surface area contributed by atoms with Crippen LogP contribution in [0.3, 0.4) is 0 Å². The second-order valence-electron chi connectivity index (χ2n) is 9.80. The first-order chi connectivity index (χ1) is 21.6. The van der Waals surface area contributed by atoms with Crippen molar-refractivity contribution in [1.29, 1.82) is 5.26 Å². The second kappa shape index (κ2) is 12.9. The molecule has 1 unspecified atom stereocenters. The Labute approximate surface area is 255 Å². The number of fused-ring (bicyclic) bond motifs is 1. The average molecular weight is 641 g/mol. The van der Waals surface area contributed by atoms with E-state index in [0.29, 0.717) is 27.8 Å². The summed E-state index contributed by atoms with van der Waals surface area (Å²) >= 11 is 0. The molecule has 46 heavy (non-hydrogen) atoms. The molecule has 3 N–H and O–H groups in total. The number of carboxylic acids is 2. The number of carbonyl (C=O) groups is 2. The van der Waals surface area contributed by atoms with Gasteiger partial charge in [-0.1, -0.05) is 6.07 Å². The van der Waals surface area contributed by atoms with Crippen molar-refractivity contribution in [1.82, 2.24) is 9.78 Å². The first-order valence-electron chi connectivity index (χ1n) is 13.0. The zero-order valence-corrected chi connectivity index (χ0v) is 23.7. The van der Waals surface area contributed by atoms with Crippen LogP contribution < -0.4 is 10.7 Å². The number of nitrogens with one attached hydrogen (secondary N) is 1. The van der Waals surface area contributed by atoms with Gasteiger partial charge in [0.2, 0.25) is 0 Å². The summed E-state index contributed by atoms with van der Waals surface area (Å²) in [5.41, 5.74) is 2.03. The highest BCUT2D eigenvalue weighted by molar-refractivity contribution is 5.95. The highest BCUT2D eigenvalue weighted by Gasteiger charge is 2.38. The van der Waals surface area contributed by atoms with E-state index in [1.807, 2.05) is 0 Å². The molecule has 5 aromatic rings. The van der Waals surface area contributed by atoms with Crippen molar-refractivity contribution in [3.63, 3.8) is 0 Å². The van der Waals surface area contributed by atoms with Crippen molar-refractivity contribution in [3.8, 4) is 23.1 Å². The number of aromatic nitrogens is 2. The Bertz CT molecular complexity index is 2060. The molecule has 2 aromatic heterocycles. The molecule has 0 radical (unpaired) electrons. The van der Waals surface area contributed by atoms with Gasteiger partial charge in [-0.15, -0.1) is 0 Å². The molecule has 2 heterocycles. The maximum absolute atomic E-state index is 14.3. The van der Waals surface area contributed by atoms with Crippen LogP contribution in [0.15, 0.2) is 76.2 Å². The number of aryl methyl sites for hydroxylation is 1. The van der Waals surface area contributed by atoms with Crippen LogP contribution in [0, 0.1) is 29.9 Å². The van der Waals surface area contributed by atoms with Crippen LogP contribution in [0.4, 0.5) is 27.6 Å². The van der Waals surface area contributed by atoms with Crippen LogP contribution in [0.5, 0.6) is 0 Å². The van der Waals surface area contributed by atoms with E-state index in [1.54, 1.807) is 61.1 Å². The molecule has 3 aromatic carbocycles. The number of aliphatic carboxylic acids is 1. The summed E-state index contributed by atoms with van der Waals surface area (Å²) < 4.78 is 67.5. The van der Waals surface area contributed by atoms with E-state index < -0.39 is 41.4 Å². The number of rotatable bonds is 6. The van der Waals surface area contributed by atoms with Crippen LogP contribution in [0.2, 0.25) is 0 Å². The Kier molecular flexibility index (Phi) is 9.22. The molecule has 0 spiro atoms. The van der Waals surface area contributed by atoms with Gasteiger partial charge in [-0.05, 0) is 61.9 Å². The van der Waals surface area contributed by atoms with E-state index in [2.05, 4.69) is 16.5 Å². The minimum atomic E-state index is -5.08. The van der Waals surface area contributed by atoms with Gasteiger partial charge in [-0.2, -0.15) is 23.5 Å². The van der Waals surface area contributed by atoms with Crippen molar-refractivity contribution < 1.29 is 46.2 Å². The highest BCUT2D eigenvalue weighted by atomic mass is 19.4. The fourth-order valence-electron chi connectivity index (χ4n) is 4.37. The zero-order chi connectivity index (χ0) is 33.9. The number of aromatic carboxylic acids is 1. The lowest BCUT2D eigenvalue weighted by molar-refractivity contribution is -0.192. The summed E-state index contributed by atoms with van der Waals surface area (Å²) in [5.74, 6) is -6.87. The molecule has 0 aliphatic carbocycles. The molecule has 10 nitrogen and oxygen atoms in total. The number of halogens is 5. The number of benzene rings is 3. The molecule has 15 heteroatoms. The van der Waals surface area contributed by atoms with Crippen LogP contribution in [0.25, 0.3) is 28.0 Å². The molecule has 236 valence electrons. The molecule has 0 saturated heterocycles. The minimum Gasteiger partial charge on any atom is -0.478 e. The number of hydrogen-bond donors (Lipinski definition) is 3. The molecule has 5 rings (SSSR count). The Morgan fingerprint density at radius 1 is 1.07 bits per heavy atom. The van der Waals surface area contributed by atoms with Crippen LogP contribution in [-0.2, 0) is 4.79 Å². The summed E-state index contributed by atoms with van der Waals surface area (Å²) in [4.78, 5) is 33.7. The maximum Gasteiger partial charge on any atom is 0.490 e. The number of nitriles is 1. The van der Waals surface area contributed by atoms with Crippen molar-refractivity contribution >= 4 is 28.6 Å². The number of alkyl halides is 3. The largest absolute Gasteiger partial charge is 0.490 e. The van der Waals surface area contributed by atoms with E-state index in [0.717, 1.165) is 17.7 Å². The van der Waals surface area contributed by atoms with E-state index in [-0.39, 0.29) is 22.5 Å². The predicted octanol–water partition coefficient (Wildman–Crippen LogP) is 6.61. The van der Waals surface area contributed by atoms with E-state index >= 15 is 0 Å². The fraction of sp³-hybridized carbons (Fsp3) is 0.129. The summed E-state index contributed by atoms with van der Waals surface area (Å²) in [5, 5.41) is 33.2. The normalized spacial score (nSPS) is 11.7. The molecular weight excluding hydrogens is 619 g/mol. The molecule has 1 atom stereocenters. The Morgan fingerprint density at radius 2 is 1.72 bits per heavy atom. The van der Waals surface area contributed by atoms with Gasteiger partial charge in [0.25, 0.3) is 0 Å². The van der Waals surface area contributed by atoms with Crippen LogP contribution in [-0.4, -0.2) is 38.1 Å². The molecule has 0 aliphatic rings. The van der Waals surface area contributed by atoms with Crippen LogP contribution >= 0.6 is 0 Å². The highest BCUT2D eigenvalue weighted by Crippen LogP contribution is 2.32. The monoisotopic (exact) mass is 640 g/mol. The van der Waals surface area contributed by atoms with Gasteiger partial charge in [0, 0.05) is 17.8 Å². The van der Waals surface area contributed by atoms with Gasteiger partial charge < -0.3 is 19.9 Å². The molecule has 0 bridgehead atoms.